The molecule has 0 radical (unpaired) electrons. The summed E-state index contributed by atoms with van der Waals surface area (Å²) in [6.07, 6.45) is 7.03. The Morgan fingerprint density at radius 1 is 0.706 bits per heavy atom. The van der Waals surface area contributed by atoms with E-state index < -0.39 is 0 Å². The number of methoxy groups -OCH3 is 4. The Kier molecular flexibility index (Phi) is 8.18. The lowest BCUT2D eigenvalue weighted by Crippen LogP contribution is -2.09. The molecule has 0 spiro atoms. The molecule has 3 rings (SSSR count). The average Bonchev–Trinajstić information content (AvgIpc) is 2.86. The SMILES string of the molecule is COc1cc(C=Cc2cc(OC)c(OC)c(OC)c2)ccc1NC(=O)/C=C/c1ccc(N)cc1. The van der Waals surface area contributed by atoms with Crippen molar-refractivity contribution in [3.8, 4) is 23.0 Å². The first kappa shape index (κ1) is 24.3. The second kappa shape index (κ2) is 11.5. The molecule has 0 aliphatic heterocycles. The minimum absolute atomic E-state index is 0.268. The smallest absolute Gasteiger partial charge is 0.248 e. The Balaban J connectivity index is 1.75. The van der Waals surface area contributed by atoms with Crippen LogP contribution in [0.3, 0.4) is 0 Å². The molecule has 1 amide bonds. The number of benzene rings is 3. The highest BCUT2D eigenvalue weighted by molar-refractivity contribution is 6.02. The van der Waals surface area contributed by atoms with Crippen LogP contribution in [-0.2, 0) is 4.79 Å². The summed E-state index contributed by atoms with van der Waals surface area (Å²) in [6, 6.07) is 16.5. The van der Waals surface area contributed by atoms with Gasteiger partial charge in [0, 0.05) is 11.8 Å². The lowest BCUT2D eigenvalue weighted by atomic mass is 10.1. The van der Waals surface area contributed by atoms with Crippen LogP contribution in [0, 0.1) is 0 Å². The van der Waals surface area contributed by atoms with E-state index in [1.165, 1.54) is 6.08 Å². The van der Waals surface area contributed by atoms with E-state index in [4.69, 9.17) is 24.7 Å². The summed E-state index contributed by atoms with van der Waals surface area (Å²) in [7, 11) is 6.28. The third-order valence-electron chi connectivity index (χ3n) is 5.00. The van der Waals surface area contributed by atoms with Gasteiger partial charge >= 0.3 is 0 Å². The van der Waals surface area contributed by atoms with Gasteiger partial charge in [0.2, 0.25) is 11.7 Å². The van der Waals surface area contributed by atoms with Gasteiger partial charge in [-0.3, -0.25) is 4.79 Å². The fourth-order valence-corrected chi connectivity index (χ4v) is 3.26. The van der Waals surface area contributed by atoms with Gasteiger partial charge in [0.15, 0.2) is 11.5 Å². The van der Waals surface area contributed by atoms with Crippen molar-refractivity contribution < 1.29 is 23.7 Å². The van der Waals surface area contributed by atoms with Crippen molar-refractivity contribution >= 4 is 35.5 Å². The summed E-state index contributed by atoms with van der Waals surface area (Å²) in [5.74, 6) is 1.96. The average molecular weight is 461 g/mol. The Labute approximate surface area is 199 Å². The quantitative estimate of drug-likeness (QED) is 0.261. The fourth-order valence-electron chi connectivity index (χ4n) is 3.26. The van der Waals surface area contributed by atoms with Gasteiger partial charge < -0.3 is 30.0 Å². The summed E-state index contributed by atoms with van der Waals surface area (Å²) in [4.78, 5) is 12.4. The van der Waals surface area contributed by atoms with Crippen molar-refractivity contribution in [3.05, 3.63) is 77.4 Å². The number of anilines is 2. The maximum Gasteiger partial charge on any atom is 0.248 e. The van der Waals surface area contributed by atoms with Gasteiger partial charge in [0.1, 0.15) is 5.75 Å². The summed E-state index contributed by atoms with van der Waals surface area (Å²) < 4.78 is 21.6. The number of hydrogen-bond acceptors (Lipinski definition) is 6. The van der Waals surface area contributed by atoms with E-state index in [0.29, 0.717) is 34.4 Å². The third kappa shape index (κ3) is 6.10. The fraction of sp³-hybridized carbons (Fsp3) is 0.148. The standard InChI is InChI=1S/C27H28N2O5/c1-31-23-15-19(5-6-20-16-24(32-2)27(34-4)25(17-20)33-3)9-13-22(23)29-26(30)14-10-18-7-11-21(28)12-8-18/h5-17H,28H2,1-4H3,(H,29,30)/b6-5?,14-10+. The van der Waals surface area contributed by atoms with Gasteiger partial charge in [-0.15, -0.1) is 0 Å². The number of amides is 1. The molecular weight excluding hydrogens is 432 g/mol. The van der Waals surface area contributed by atoms with E-state index in [-0.39, 0.29) is 5.91 Å². The predicted molar refractivity (Wildman–Crippen MR) is 137 cm³/mol. The van der Waals surface area contributed by atoms with E-state index in [1.807, 2.05) is 48.6 Å². The van der Waals surface area contributed by atoms with E-state index in [0.717, 1.165) is 16.7 Å². The predicted octanol–water partition coefficient (Wildman–Crippen LogP) is 5.13. The number of nitrogen functional groups attached to an aromatic ring is 1. The molecule has 176 valence electrons. The molecule has 0 saturated carbocycles. The molecule has 0 atom stereocenters. The van der Waals surface area contributed by atoms with Crippen LogP contribution in [0.2, 0.25) is 0 Å². The Hall–Kier alpha value is -4.39. The van der Waals surface area contributed by atoms with Crippen molar-refractivity contribution in [2.75, 3.05) is 39.5 Å². The van der Waals surface area contributed by atoms with Gasteiger partial charge in [-0.1, -0.05) is 30.4 Å². The number of hydrogen-bond donors (Lipinski definition) is 2. The van der Waals surface area contributed by atoms with Crippen LogP contribution in [0.4, 0.5) is 11.4 Å². The summed E-state index contributed by atoms with van der Waals surface area (Å²) in [6.45, 7) is 0. The minimum atomic E-state index is -0.268. The zero-order valence-electron chi connectivity index (χ0n) is 19.6. The first-order chi connectivity index (χ1) is 16.5. The lowest BCUT2D eigenvalue weighted by molar-refractivity contribution is -0.111. The first-order valence-electron chi connectivity index (χ1n) is 10.5. The van der Waals surface area contributed by atoms with Crippen molar-refractivity contribution in [1.29, 1.82) is 0 Å². The Bertz CT molecular complexity index is 1180. The van der Waals surface area contributed by atoms with Gasteiger partial charge in [0.05, 0.1) is 34.1 Å². The molecule has 3 aromatic carbocycles. The van der Waals surface area contributed by atoms with E-state index in [9.17, 15) is 4.79 Å². The number of nitrogens with two attached hydrogens (primary N) is 1. The zero-order valence-corrected chi connectivity index (χ0v) is 19.6. The highest BCUT2D eigenvalue weighted by Crippen LogP contribution is 2.38. The van der Waals surface area contributed by atoms with Gasteiger partial charge in [-0.2, -0.15) is 0 Å². The maximum absolute atomic E-state index is 12.4. The molecule has 0 heterocycles. The molecule has 0 saturated heterocycles. The molecular formula is C27H28N2O5. The lowest BCUT2D eigenvalue weighted by Gasteiger charge is -2.13. The maximum atomic E-state index is 12.4. The van der Waals surface area contributed by atoms with Crippen LogP contribution in [-0.4, -0.2) is 34.3 Å². The largest absolute Gasteiger partial charge is 0.495 e. The normalized spacial score (nSPS) is 10.9. The van der Waals surface area contributed by atoms with Gasteiger partial charge in [-0.05, 0) is 59.2 Å². The van der Waals surface area contributed by atoms with Crippen LogP contribution >= 0.6 is 0 Å². The molecule has 0 aliphatic rings. The van der Waals surface area contributed by atoms with Crippen LogP contribution in [0.15, 0.2) is 60.7 Å². The van der Waals surface area contributed by atoms with Crippen molar-refractivity contribution in [3.63, 3.8) is 0 Å². The number of rotatable bonds is 9. The molecule has 0 aromatic heterocycles. The number of nitrogens with one attached hydrogen (secondary N) is 1. The molecule has 7 heteroatoms. The second-order valence-electron chi connectivity index (χ2n) is 7.24. The highest BCUT2D eigenvalue weighted by Gasteiger charge is 2.12. The zero-order chi connectivity index (χ0) is 24.5. The van der Waals surface area contributed by atoms with Crippen LogP contribution in [0.25, 0.3) is 18.2 Å². The third-order valence-corrected chi connectivity index (χ3v) is 5.00. The van der Waals surface area contributed by atoms with Crippen molar-refractivity contribution in [2.24, 2.45) is 0 Å². The van der Waals surface area contributed by atoms with E-state index in [2.05, 4.69) is 5.32 Å². The number of carbonyl (C=O) groups is 1. The van der Waals surface area contributed by atoms with Gasteiger partial charge in [0.25, 0.3) is 0 Å². The molecule has 7 nitrogen and oxygen atoms in total. The van der Waals surface area contributed by atoms with E-state index >= 15 is 0 Å². The van der Waals surface area contributed by atoms with Crippen LogP contribution in [0.5, 0.6) is 23.0 Å². The Morgan fingerprint density at radius 3 is 1.85 bits per heavy atom. The number of carbonyl (C=O) groups excluding carboxylic acids is 1. The summed E-state index contributed by atoms with van der Waals surface area (Å²) in [5, 5.41) is 2.84. The molecule has 0 bridgehead atoms. The van der Waals surface area contributed by atoms with Crippen molar-refractivity contribution in [1.82, 2.24) is 0 Å². The molecule has 3 N–H and O–H groups in total. The molecule has 34 heavy (non-hydrogen) atoms. The van der Waals surface area contributed by atoms with E-state index in [1.54, 1.807) is 52.7 Å². The molecule has 3 aromatic rings. The molecule has 0 unspecified atom stereocenters. The molecule has 0 aliphatic carbocycles. The Morgan fingerprint density at radius 2 is 1.26 bits per heavy atom. The van der Waals surface area contributed by atoms with Crippen LogP contribution in [0.1, 0.15) is 16.7 Å². The highest BCUT2D eigenvalue weighted by atomic mass is 16.5. The number of ether oxygens (including phenoxy) is 4. The van der Waals surface area contributed by atoms with Crippen molar-refractivity contribution in [2.45, 2.75) is 0 Å². The van der Waals surface area contributed by atoms with Gasteiger partial charge in [-0.25, -0.2) is 0 Å². The minimum Gasteiger partial charge on any atom is -0.495 e. The summed E-state index contributed by atoms with van der Waals surface area (Å²) >= 11 is 0. The molecule has 0 fully saturated rings. The summed E-state index contributed by atoms with van der Waals surface area (Å²) in [5.41, 5.74) is 9.57. The monoisotopic (exact) mass is 460 g/mol. The van der Waals surface area contributed by atoms with Crippen LogP contribution < -0.4 is 30.0 Å². The first-order valence-corrected chi connectivity index (χ1v) is 10.5. The second-order valence-corrected chi connectivity index (χ2v) is 7.24. The topological polar surface area (TPSA) is 92.0 Å².